The number of piperidine rings is 1. The molecule has 0 unspecified atom stereocenters. The van der Waals surface area contributed by atoms with E-state index in [2.05, 4.69) is 10.6 Å². The van der Waals surface area contributed by atoms with Gasteiger partial charge < -0.3 is 20.3 Å². The van der Waals surface area contributed by atoms with Crippen LogP contribution in [0.25, 0.3) is 6.08 Å². The normalized spacial score (nSPS) is 15.2. The van der Waals surface area contributed by atoms with E-state index in [4.69, 9.17) is 4.74 Å². The second-order valence-electron chi connectivity index (χ2n) is 7.91. The lowest BCUT2D eigenvalue weighted by molar-refractivity contribution is -0.131. The van der Waals surface area contributed by atoms with Gasteiger partial charge in [0.25, 0.3) is 0 Å². The Hall–Kier alpha value is -2.90. The summed E-state index contributed by atoms with van der Waals surface area (Å²) in [6, 6.07) is 5.94. The molecule has 1 fully saturated rings. The number of rotatable bonds is 5. The van der Waals surface area contributed by atoms with Gasteiger partial charge in [-0.05, 0) is 57.4 Å². The summed E-state index contributed by atoms with van der Waals surface area (Å²) in [4.78, 5) is 37.5. The molecule has 158 valence electrons. The van der Waals surface area contributed by atoms with Gasteiger partial charge in [0.1, 0.15) is 18.0 Å². The van der Waals surface area contributed by atoms with Crippen molar-refractivity contribution in [1.82, 2.24) is 15.5 Å². The van der Waals surface area contributed by atoms with Crippen molar-refractivity contribution in [3.05, 3.63) is 41.7 Å². The van der Waals surface area contributed by atoms with E-state index in [1.165, 1.54) is 18.2 Å². The highest BCUT2D eigenvalue weighted by Crippen LogP contribution is 2.11. The molecule has 0 radical (unpaired) electrons. The fourth-order valence-corrected chi connectivity index (χ4v) is 2.88. The quantitative estimate of drug-likeness (QED) is 0.737. The van der Waals surface area contributed by atoms with Crippen molar-refractivity contribution in [2.75, 3.05) is 19.6 Å². The fourth-order valence-electron chi connectivity index (χ4n) is 2.88. The first kappa shape index (κ1) is 22.4. The van der Waals surface area contributed by atoms with E-state index < -0.39 is 11.7 Å². The third kappa shape index (κ3) is 8.33. The maximum atomic E-state index is 13.1. The Labute approximate surface area is 170 Å². The molecular formula is C21H28FN3O4. The maximum Gasteiger partial charge on any atom is 0.408 e. The Kier molecular flexibility index (Phi) is 7.75. The summed E-state index contributed by atoms with van der Waals surface area (Å²) < 4.78 is 18.2. The molecule has 3 amide bonds. The first-order valence-electron chi connectivity index (χ1n) is 9.61. The van der Waals surface area contributed by atoms with Gasteiger partial charge in [0.05, 0.1) is 0 Å². The van der Waals surface area contributed by atoms with E-state index in [-0.39, 0.29) is 30.2 Å². The molecule has 1 aromatic carbocycles. The Morgan fingerprint density at radius 2 is 1.93 bits per heavy atom. The summed E-state index contributed by atoms with van der Waals surface area (Å²) in [6.45, 7) is 6.12. The molecule has 0 aromatic heterocycles. The number of ether oxygens (including phenoxy) is 1. The molecule has 0 spiro atoms. The van der Waals surface area contributed by atoms with Crippen LogP contribution in [-0.4, -0.2) is 54.1 Å². The van der Waals surface area contributed by atoms with E-state index in [1.54, 1.807) is 43.9 Å². The molecule has 0 saturated carbocycles. The first-order chi connectivity index (χ1) is 13.6. The van der Waals surface area contributed by atoms with Gasteiger partial charge in [-0.2, -0.15) is 0 Å². The highest BCUT2D eigenvalue weighted by molar-refractivity contribution is 5.92. The van der Waals surface area contributed by atoms with E-state index >= 15 is 0 Å². The predicted molar refractivity (Wildman–Crippen MR) is 107 cm³/mol. The summed E-state index contributed by atoms with van der Waals surface area (Å²) >= 11 is 0. The topological polar surface area (TPSA) is 87.7 Å². The van der Waals surface area contributed by atoms with Gasteiger partial charge in [0, 0.05) is 25.2 Å². The van der Waals surface area contributed by atoms with Crippen LogP contribution in [0.2, 0.25) is 0 Å². The van der Waals surface area contributed by atoms with Crippen LogP contribution in [0.3, 0.4) is 0 Å². The smallest absolute Gasteiger partial charge is 0.408 e. The minimum atomic E-state index is -0.627. The van der Waals surface area contributed by atoms with Gasteiger partial charge in [0.2, 0.25) is 11.8 Å². The average Bonchev–Trinajstić information content (AvgIpc) is 2.64. The number of carbonyl (C=O) groups is 3. The third-order valence-corrected chi connectivity index (χ3v) is 4.25. The minimum absolute atomic E-state index is 0.0393. The number of halogens is 1. The van der Waals surface area contributed by atoms with E-state index in [9.17, 15) is 18.8 Å². The monoisotopic (exact) mass is 405 g/mol. The van der Waals surface area contributed by atoms with Crippen LogP contribution in [0.1, 0.15) is 39.2 Å². The van der Waals surface area contributed by atoms with Crippen molar-refractivity contribution < 1.29 is 23.5 Å². The number of nitrogens with one attached hydrogen (secondary N) is 2. The van der Waals surface area contributed by atoms with Crippen LogP contribution in [-0.2, 0) is 14.3 Å². The maximum absolute atomic E-state index is 13.1. The fraction of sp³-hybridized carbons (Fsp3) is 0.476. The van der Waals surface area contributed by atoms with Gasteiger partial charge in [0.15, 0.2) is 0 Å². The summed E-state index contributed by atoms with van der Waals surface area (Å²) in [6.07, 6.45) is 3.55. The van der Waals surface area contributed by atoms with Crippen molar-refractivity contribution in [1.29, 1.82) is 0 Å². The van der Waals surface area contributed by atoms with Gasteiger partial charge in [-0.25, -0.2) is 9.18 Å². The van der Waals surface area contributed by atoms with Crippen LogP contribution in [0.4, 0.5) is 9.18 Å². The molecule has 2 rings (SSSR count). The number of hydrogen-bond donors (Lipinski definition) is 2. The number of nitrogens with zero attached hydrogens (tertiary/aromatic N) is 1. The Balaban J connectivity index is 1.71. The lowest BCUT2D eigenvalue weighted by Crippen LogP contribution is -2.49. The molecule has 2 N–H and O–H groups in total. The van der Waals surface area contributed by atoms with Crippen molar-refractivity contribution in [3.63, 3.8) is 0 Å². The zero-order valence-corrected chi connectivity index (χ0v) is 17.0. The average molecular weight is 405 g/mol. The van der Waals surface area contributed by atoms with Gasteiger partial charge in [-0.15, -0.1) is 0 Å². The second kappa shape index (κ2) is 10.0. The zero-order chi connectivity index (χ0) is 21.4. The van der Waals surface area contributed by atoms with Crippen molar-refractivity contribution in [3.8, 4) is 0 Å². The Bertz CT molecular complexity index is 765. The van der Waals surface area contributed by atoms with Crippen LogP contribution < -0.4 is 10.6 Å². The SMILES string of the molecule is CC(C)(C)OC(=O)NCC(=O)N1CCC(NC(=O)/C=C/c2cccc(F)c2)CC1. The molecule has 1 aliphatic rings. The highest BCUT2D eigenvalue weighted by Gasteiger charge is 2.24. The minimum Gasteiger partial charge on any atom is -0.444 e. The van der Waals surface area contributed by atoms with Crippen molar-refractivity contribution >= 4 is 24.0 Å². The zero-order valence-electron chi connectivity index (χ0n) is 17.0. The lowest BCUT2D eigenvalue weighted by atomic mass is 10.0. The van der Waals surface area contributed by atoms with Crippen LogP contribution in [0.15, 0.2) is 30.3 Å². The highest BCUT2D eigenvalue weighted by atomic mass is 19.1. The summed E-state index contributed by atoms with van der Waals surface area (Å²) in [7, 11) is 0. The van der Waals surface area contributed by atoms with Crippen molar-refractivity contribution in [2.45, 2.75) is 45.3 Å². The standard InChI is InChI=1S/C21H28FN3O4/c1-21(2,3)29-20(28)23-14-19(27)25-11-9-17(10-12-25)24-18(26)8-7-15-5-4-6-16(22)13-15/h4-8,13,17H,9-12,14H2,1-3H3,(H,23,28)(H,24,26)/b8-7+. The molecule has 8 heteroatoms. The van der Waals surface area contributed by atoms with E-state index in [1.807, 2.05) is 0 Å². The van der Waals surface area contributed by atoms with Crippen LogP contribution in [0.5, 0.6) is 0 Å². The molecule has 1 aliphatic heterocycles. The largest absolute Gasteiger partial charge is 0.444 e. The van der Waals surface area contributed by atoms with E-state index in [0.717, 1.165) is 0 Å². The summed E-state index contributed by atoms with van der Waals surface area (Å²) in [5.41, 5.74) is -0.00894. The number of likely N-dealkylation sites (tertiary alicyclic amines) is 1. The molecule has 1 aromatic rings. The van der Waals surface area contributed by atoms with Gasteiger partial charge >= 0.3 is 6.09 Å². The number of hydrogen-bond acceptors (Lipinski definition) is 4. The molecule has 1 saturated heterocycles. The second-order valence-corrected chi connectivity index (χ2v) is 7.91. The Morgan fingerprint density at radius 3 is 2.55 bits per heavy atom. The molecule has 1 heterocycles. The summed E-state index contributed by atoms with van der Waals surface area (Å²) in [5.74, 6) is -0.803. The molecule has 0 atom stereocenters. The Morgan fingerprint density at radius 1 is 1.24 bits per heavy atom. The first-order valence-corrected chi connectivity index (χ1v) is 9.61. The molecular weight excluding hydrogens is 377 g/mol. The number of alkyl carbamates (subject to hydrolysis) is 1. The van der Waals surface area contributed by atoms with E-state index in [0.29, 0.717) is 31.5 Å². The number of amides is 3. The molecule has 0 aliphatic carbocycles. The van der Waals surface area contributed by atoms with Gasteiger partial charge in [-0.3, -0.25) is 9.59 Å². The molecule has 29 heavy (non-hydrogen) atoms. The predicted octanol–water partition coefficient (Wildman–Crippen LogP) is 2.47. The van der Waals surface area contributed by atoms with Crippen LogP contribution in [0, 0.1) is 5.82 Å². The third-order valence-electron chi connectivity index (χ3n) is 4.25. The molecule has 0 bridgehead atoms. The lowest BCUT2D eigenvalue weighted by Gasteiger charge is -2.32. The number of benzene rings is 1. The van der Waals surface area contributed by atoms with Gasteiger partial charge in [-0.1, -0.05) is 12.1 Å². The van der Waals surface area contributed by atoms with Crippen LogP contribution >= 0.6 is 0 Å². The summed E-state index contributed by atoms with van der Waals surface area (Å²) in [5, 5.41) is 5.35. The number of carbonyl (C=O) groups excluding carboxylic acids is 3. The van der Waals surface area contributed by atoms with Crippen molar-refractivity contribution in [2.24, 2.45) is 0 Å². The molecule has 7 nitrogen and oxygen atoms in total.